The SMILES string of the molecule is C[Si]1(C)c2cc3c(cc2-c2c1cc(C1=CCC(c4cccc5ccccc45)C=C1)c1oc4ccccc4c21)[Si](C)(C)c1cc(-c2ccc(-c4cccc5ccccc45)cc2)c2oc4ccccc4c2c1-3. The third kappa shape index (κ3) is 5.49. The first-order valence-corrected chi connectivity index (χ1v) is 30.8. The normalized spacial score (nSPS) is 16.3. The highest BCUT2D eigenvalue weighted by Crippen LogP contribution is 2.48. The lowest BCUT2D eigenvalue weighted by atomic mass is 9.85. The van der Waals surface area contributed by atoms with E-state index in [1.807, 2.05) is 0 Å². The first-order chi connectivity index (χ1) is 34.2. The van der Waals surface area contributed by atoms with Crippen LogP contribution in [0.3, 0.4) is 0 Å². The average molecular weight is 929 g/mol. The molecule has 3 aliphatic rings. The predicted octanol–water partition coefficient (Wildman–Crippen LogP) is 15.9. The molecule has 2 nitrogen and oxygen atoms in total. The lowest BCUT2D eigenvalue weighted by molar-refractivity contribution is 0.667. The summed E-state index contributed by atoms with van der Waals surface area (Å²) in [6.07, 6.45) is 8.21. The van der Waals surface area contributed by atoms with E-state index < -0.39 is 16.1 Å². The molecule has 1 atom stereocenters. The van der Waals surface area contributed by atoms with Gasteiger partial charge in [-0.25, -0.2) is 0 Å². The summed E-state index contributed by atoms with van der Waals surface area (Å²) in [7, 11) is -4.57. The van der Waals surface area contributed by atoms with Crippen LogP contribution < -0.4 is 20.7 Å². The Bertz CT molecular complexity index is 4320. The third-order valence-electron chi connectivity index (χ3n) is 16.6. The maximum absolute atomic E-state index is 7.02. The van der Waals surface area contributed by atoms with Gasteiger partial charge in [-0.2, -0.15) is 0 Å². The Labute approximate surface area is 408 Å². The zero-order valence-electron chi connectivity index (χ0n) is 39.7. The Morgan fingerprint density at radius 2 is 0.886 bits per heavy atom. The van der Waals surface area contributed by atoms with Gasteiger partial charge < -0.3 is 8.83 Å². The van der Waals surface area contributed by atoms with E-state index in [0.29, 0.717) is 5.92 Å². The molecule has 0 spiro atoms. The fraction of sp³-hybridized carbons (Fsp3) is 0.0909. The van der Waals surface area contributed by atoms with E-state index in [1.165, 1.54) is 125 Å². The molecule has 70 heavy (non-hydrogen) atoms. The summed E-state index contributed by atoms with van der Waals surface area (Å²) in [4.78, 5) is 0. The van der Waals surface area contributed by atoms with E-state index >= 15 is 0 Å². The minimum atomic E-state index is -2.29. The summed E-state index contributed by atoms with van der Waals surface area (Å²) in [6, 6.07) is 67.7. The lowest BCUT2D eigenvalue weighted by Gasteiger charge is -2.22. The number of fused-ring (bicyclic) bond motifs is 16. The molecule has 0 fully saturated rings. The van der Waals surface area contributed by atoms with Crippen molar-refractivity contribution in [1.29, 1.82) is 0 Å². The standard InChI is InChI=1S/C66H48O2Si2/c1-69(2)57-37-54-58(38-53(57)61-59(69)35-51(65-63(61)49-21-9-11-25-55(49)67-65)43-31-27-41(28-32-43)47-23-13-17-39-15-5-7-19-45(39)47)70(3,4)60-36-52(66-64(62(54)60)50-22-10-12-26-56(50)68-66)44-33-29-42(30-34-44)48-24-14-18-40-16-6-8-20-46(40)48/h5-29,31-38,42H,30H2,1-4H3. The number of hydrogen-bond acceptors (Lipinski definition) is 2. The van der Waals surface area contributed by atoms with E-state index in [9.17, 15) is 0 Å². The molecule has 4 heterocycles. The second kappa shape index (κ2) is 14.4. The predicted molar refractivity (Wildman–Crippen MR) is 302 cm³/mol. The number of furan rings is 2. The molecule has 10 aromatic carbocycles. The molecule has 4 heteroatoms. The van der Waals surface area contributed by atoms with Crippen LogP contribution in [-0.2, 0) is 0 Å². The van der Waals surface area contributed by atoms with Gasteiger partial charge in [0, 0.05) is 38.6 Å². The summed E-state index contributed by atoms with van der Waals surface area (Å²) in [6.45, 7) is 10.3. The van der Waals surface area contributed by atoms with Gasteiger partial charge in [0.1, 0.15) is 38.5 Å². The third-order valence-corrected chi connectivity index (χ3v) is 23.6. The van der Waals surface area contributed by atoms with E-state index in [4.69, 9.17) is 8.83 Å². The van der Waals surface area contributed by atoms with Gasteiger partial charge in [0.25, 0.3) is 0 Å². The number of rotatable bonds is 4. The van der Waals surface area contributed by atoms with Gasteiger partial charge in [0.15, 0.2) is 0 Å². The number of benzene rings is 10. The molecule has 0 radical (unpaired) electrons. The van der Waals surface area contributed by atoms with Crippen molar-refractivity contribution in [3.8, 4) is 44.5 Å². The van der Waals surface area contributed by atoms with Crippen LogP contribution in [0.5, 0.6) is 0 Å². The highest BCUT2D eigenvalue weighted by Gasteiger charge is 2.46. The van der Waals surface area contributed by atoms with Crippen LogP contribution >= 0.6 is 0 Å². The van der Waals surface area contributed by atoms with Gasteiger partial charge in [-0.05, 0) is 111 Å². The van der Waals surface area contributed by atoms with Crippen molar-refractivity contribution >= 4 is 108 Å². The molecule has 2 aromatic heterocycles. The average Bonchev–Trinajstić information content (AvgIpc) is 4.10. The Kier molecular flexibility index (Phi) is 8.26. The Morgan fingerprint density at radius 1 is 0.414 bits per heavy atom. The maximum Gasteiger partial charge on any atom is 0.143 e. The van der Waals surface area contributed by atoms with E-state index in [1.54, 1.807) is 0 Å². The first-order valence-electron chi connectivity index (χ1n) is 24.8. The molecule has 12 aromatic rings. The van der Waals surface area contributed by atoms with Crippen molar-refractivity contribution in [3.05, 3.63) is 211 Å². The van der Waals surface area contributed by atoms with Crippen molar-refractivity contribution in [3.63, 3.8) is 0 Å². The molecule has 0 N–H and O–H groups in total. The van der Waals surface area contributed by atoms with Crippen LogP contribution in [0.15, 0.2) is 209 Å². The van der Waals surface area contributed by atoms with Crippen LogP contribution in [0.1, 0.15) is 23.5 Å². The summed E-state index contributed by atoms with van der Waals surface area (Å²) in [5, 5.41) is 16.1. The smallest absolute Gasteiger partial charge is 0.143 e. The fourth-order valence-electron chi connectivity index (χ4n) is 13.0. The monoisotopic (exact) mass is 928 g/mol. The quantitative estimate of drug-likeness (QED) is 0.164. The molecule has 1 unspecified atom stereocenters. The number of allylic oxidation sites excluding steroid dienone is 4. The van der Waals surface area contributed by atoms with Crippen LogP contribution in [0, 0.1) is 0 Å². The Morgan fingerprint density at radius 3 is 1.49 bits per heavy atom. The van der Waals surface area contributed by atoms with E-state index in [-0.39, 0.29) is 0 Å². The second-order valence-electron chi connectivity index (χ2n) is 21.0. The summed E-state index contributed by atoms with van der Waals surface area (Å²) in [5.74, 6) is 0.319. The molecule has 2 aliphatic heterocycles. The van der Waals surface area contributed by atoms with E-state index in [0.717, 1.165) is 28.8 Å². The molecule has 0 amide bonds. The first kappa shape index (κ1) is 40.2. The molecular formula is C66H48O2Si2. The number of hydrogen-bond donors (Lipinski definition) is 0. The molecule has 0 bridgehead atoms. The van der Waals surface area contributed by atoms with Gasteiger partial charge in [0.05, 0.1) is 0 Å². The van der Waals surface area contributed by atoms with Crippen molar-refractivity contribution in [2.45, 2.75) is 38.5 Å². The highest BCUT2D eigenvalue weighted by molar-refractivity contribution is 7.06. The number of para-hydroxylation sites is 2. The Balaban J connectivity index is 0.898. The van der Waals surface area contributed by atoms with Gasteiger partial charge >= 0.3 is 0 Å². The van der Waals surface area contributed by atoms with Crippen LogP contribution in [0.25, 0.3) is 116 Å². The van der Waals surface area contributed by atoms with Gasteiger partial charge in [0.2, 0.25) is 0 Å². The highest BCUT2D eigenvalue weighted by atomic mass is 28.3. The maximum atomic E-state index is 7.02. The minimum Gasteiger partial charge on any atom is -0.455 e. The van der Waals surface area contributed by atoms with Crippen molar-refractivity contribution < 1.29 is 8.83 Å². The van der Waals surface area contributed by atoms with Gasteiger partial charge in [-0.15, -0.1) is 0 Å². The molecule has 15 rings (SSSR count). The van der Waals surface area contributed by atoms with Crippen LogP contribution in [0.2, 0.25) is 26.2 Å². The fourth-order valence-corrected chi connectivity index (χ4v) is 19.2. The minimum absolute atomic E-state index is 0.319. The Hall–Kier alpha value is -7.77. The summed E-state index contributed by atoms with van der Waals surface area (Å²) < 4.78 is 14.0. The lowest BCUT2D eigenvalue weighted by Crippen LogP contribution is -2.51. The van der Waals surface area contributed by atoms with Crippen molar-refractivity contribution in [1.82, 2.24) is 0 Å². The van der Waals surface area contributed by atoms with Crippen molar-refractivity contribution in [2.24, 2.45) is 0 Å². The van der Waals surface area contributed by atoms with Crippen molar-refractivity contribution in [2.75, 3.05) is 0 Å². The molecule has 332 valence electrons. The van der Waals surface area contributed by atoms with Crippen LogP contribution in [0.4, 0.5) is 0 Å². The zero-order valence-corrected chi connectivity index (χ0v) is 41.7. The summed E-state index contributed by atoms with van der Waals surface area (Å²) in [5.41, 5.74) is 18.1. The molecule has 1 aliphatic carbocycles. The molecule has 0 saturated heterocycles. The largest absolute Gasteiger partial charge is 0.455 e. The topological polar surface area (TPSA) is 26.3 Å². The zero-order chi connectivity index (χ0) is 46.6. The molecular weight excluding hydrogens is 881 g/mol. The summed E-state index contributed by atoms with van der Waals surface area (Å²) >= 11 is 0. The van der Waals surface area contributed by atoms with Gasteiger partial charge in [-0.3, -0.25) is 0 Å². The van der Waals surface area contributed by atoms with Gasteiger partial charge in [-0.1, -0.05) is 214 Å². The van der Waals surface area contributed by atoms with E-state index in [2.05, 4.69) is 226 Å². The van der Waals surface area contributed by atoms with Crippen LogP contribution in [-0.4, -0.2) is 16.1 Å². The second-order valence-corrected chi connectivity index (χ2v) is 29.7. The molecule has 0 saturated carbocycles.